The van der Waals surface area contributed by atoms with Crippen LogP contribution in [0, 0.1) is 22.0 Å². The fourth-order valence-corrected chi connectivity index (χ4v) is 2.52. The van der Waals surface area contributed by atoms with Crippen LogP contribution in [-0.2, 0) is 0 Å². The smallest absolute Gasteiger partial charge is 0.272 e. The first-order chi connectivity index (χ1) is 8.75. The van der Waals surface area contributed by atoms with Crippen LogP contribution in [0.4, 0.5) is 11.4 Å². The van der Waals surface area contributed by atoms with Crippen molar-refractivity contribution < 1.29 is 4.92 Å². The van der Waals surface area contributed by atoms with Crippen molar-refractivity contribution in [2.45, 2.75) is 12.8 Å². The third kappa shape index (κ3) is 1.77. The topological polar surface area (TPSA) is 67.5 Å². The van der Waals surface area contributed by atoms with E-state index < -0.39 is 4.92 Å². The number of rotatable bonds is 3. The summed E-state index contributed by atoms with van der Waals surface area (Å²) >= 11 is 0. The Bertz CT molecular complexity index is 551. The second-order valence-electron chi connectivity index (χ2n) is 4.64. The molecule has 1 fully saturated rings. The summed E-state index contributed by atoms with van der Waals surface area (Å²) in [5.41, 5.74) is 4.41. The zero-order chi connectivity index (χ0) is 12.5. The van der Waals surface area contributed by atoms with Crippen molar-refractivity contribution >= 4 is 17.1 Å². The summed E-state index contributed by atoms with van der Waals surface area (Å²) in [6.45, 7) is 0. The highest BCUT2D eigenvalue weighted by Crippen LogP contribution is 2.40. The van der Waals surface area contributed by atoms with Gasteiger partial charge in [-0.1, -0.05) is 24.3 Å². The Morgan fingerprint density at radius 3 is 3.00 bits per heavy atom. The highest BCUT2D eigenvalue weighted by Gasteiger charge is 2.37. The minimum absolute atomic E-state index is 0.0553. The Balaban J connectivity index is 1.76. The Labute approximate surface area is 104 Å². The number of fused-ring (bicyclic) bond motifs is 1. The molecule has 0 amide bonds. The molecule has 2 aliphatic carbocycles. The van der Waals surface area contributed by atoms with E-state index in [9.17, 15) is 10.1 Å². The summed E-state index contributed by atoms with van der Waals surface area (Å²) < 4.78 is 0. The van der Waals surface area contributed by atoms with Gasteiger partial charge in [0.1, 0.15) is 5.69 Å². The number of nitrogens with one attached hydrogen (secondary N) is 1. The molecule has 0 aliphatic heterocycles. The van der Waals surface area contributed by atoms with Crippen LogP contribution in [0.15, 0.2) is 41.5 Å². The van der Waals surface area contributed by atoms with Gasteiger partial charge in [-0.25, -0.2) is 0 Å². The van der Waals surface area contributed by atoms with Gasteiger partial charge in [-0.3, -0.25) is 15.5 Å². The zero-order valence-corrected chi connectivity index (χ0v) is 9.74. The molecule has 1 N–H and O–H groups in total. The lowest BCUT2D eigenvalue weighted by molar-refractivity contribution is -0.384. The van der Waals surface area contributed by atoms with E-state index in [0.717, 1.165) is 18.6 Å². The van der Waals surface area contributed by atoms with E-state index in [1.165, 1.54) is 6.07 Å². The number of nitro benzene ring substituents is 1. The van der Waals surface area contributed by atoms with Gasteiger partial charge >= 0.3 is 0 Å². The molecule has 0 unspecified atom stereocenters. The summed E-state index contributed by atoms with van der Waals surface area (Å²) in [5.74, 6) is 1.15. The second-order valence-corrected chi connectivity index (χ2v) is 4.64. The predicted octanol–water partition coefficient (Wildman–Crippen LogP) is 2.96. The van der Waals surface area contributed by atoms with Gasteiger partial charge in [0.25, 0.3) is 5.69 Å². The maximum Gasteiger partial charge on any atom is 0.294 e. The Hall–Kier alpha value is -2.17. The van der Waals surface area contributed by atoms with Gasteiger partial charge < -0.3 is 0 Å². The minimum Gasteiger partial charge on any atom is -0.272 e. The number of hydrogen-bond acceptors (Lipinski definition) is 4. The van der Waals surface area contributed by atoms with E-state index in [1.54, 1.807) is 18.2 Å². The van der Waals surface area contributed by atoms with E-state index in [4.69, 9.17) is 0 Å². The van der Waals surface area contributed by atoms with E-state index in [0.29, 0.717) is 17.5 Å². The molecule has 0 aromatic heterocycles. The van der Waals surface area contributed by atoms with Crippen LogP contribution in [0.3, 0.4) is 0 Å². The first kappa shape index (κ1) is 11.0. The van der Waals surface area contributed by atoms with Crippen molar-refractivity contribution in [3.63, 3.8) is 0 Å². The molecular weight excluding hydrogens is 230 g/mol. The third-order valence-electron chi connectivity index (χ3n) is 3.57. The monoisotopic (exact) mass is 243 g/mol. The van der Waals surface area contributed by atoms with Crippen molar-refractivity contribution in [2.24, 2.45) is 16.9 Å². The SMILES string of the molecule is O=[N+]([O-])c1ccccc1N/N=C1/C[C@H]2CC=C[C@H]12. The molecule has 92 valence electrons. The molecule has 18 heavy (non-hydrogen) atoms. The maximum atomic E-state index is 10.8. The molecule has 0 spiro atoms. The Kier molecular flexibility index (Phi) is 2.59. The summed E-state index contributed by atoms with van der Waals surface area (Å²) in [5, 5.41) is 15.1. The van der Waals surface area contributed by atoms with Crippen LogP contribution in [-0.4, -0.2) is 10.6 Å². The van der Waals surface area contributed by atoms with Crippen LogP contribution in [0.1, 0.15) is 12.8 Å². The summed E-state index contributed by atoms with van der Waals surface area (Å²) in [7, 11) is 0. The summed E-state index contributed by atoms with van der Waals surface area (Å²) in [6, 6.07) is 6.55. The molecule has 1 saturated carbocycles. The van der Waals surface area contributed by atoms with E-state index in [2.05, 4.69) is 22.7 Å². The largest absolute Gasteiger partial charge is 0.294 e. The molecule has 2 atom stereocenters. The first-order valence-corrected chi connectivity index (χ1v) is 5.98. The minimum atomic E-state index is -0.401. The van der Waals surface area contributed by atoms with Crippen LogP contribution in [0.25, 0.3) is 0 Å². The average molecular weight is 243 g/mol. The van der Waals surface area contributed by atoms with Gasteiger partial charge in [0, 0.05) is 17.7 Å². The van der Waals surface area contributed by atoms with Crippen LogP contribution >= 0.6 is 0 Å². The van der Waals surface area contributed by atoms with Gasteiger partial charge in [-0.2, -0.15) is 5.10 Å². The molecule has 0 saturated heterocycles. The molecule has 1 aromatic carbocycles. The number of allylic oxidation sites excluding steroid dienone is 2. The highest BCUT2D eigenvalue weighted by atomic mass is 16.6. The van der Waals surface area contributed by atoms with Crippen LogP contribution in [0.5, 0.6) is 0 Å². The molecule has 2 aliphatic rings. The number of hydrogen-bond donors (Lipinski definition) is 1. The lowest BCUT2D eigenvalue weighted by atomic mass is 9.74. The lowest BCUT2D eigenvalue weighted by Gasteiger charge is -2.31. The van der Waals surface area contributed by atoms with E-state index >= 15 is 0 Å². The fraction of sp³-hybridized carbons (Fsp3) is 0.308. The van der Waals surface area contributed by atoms with Gasteiger partial charge in [0.15, 0.2) is 0 Å². The Morgan fingerprint density at radius 2 is 2.22 bits per heavy atom. The number of hydrazone groups is 1. The summed E-state index contributed by atoms with van der Waals surface area (Å²) in [6.07, 6.45) is 6.48. The standard InChI is InChI=1S/C13H13N3O2/c17-16(18)13-7-2-1-6-11(13)14-15-12-8-9-4-3-5-10(9)12/h1-3,5-7,9-10,14H,4,8H2/b15-12-/t9-,10+/m1/s1. The molecule has 3 rings (SSSR count). The van der Waals surface area contributed by atoms with Gasteiger partial charge in [0.05, 0.1) is 4.92 Å². The van der Waals surface area contributed by atoms with Gasteiger partial charge in [0.2, 0.25) is 0 Å². The highest BCUT2D eigenvalue weighted by molar-refractivity contribution is 5.95. The Morgan fingerprint density at radius 1 is 1.39 bits per heavy atom. The lowest BCUT2D eigenvalue weighted by Crippen LogP contribution is -2.33. The molecule has 1 aromatic rings. The number of para-hydroxylation sites is 2. The van der Waals surface area contributed by atoms with Crippen molar-refractivity contribution in [1.82, 2.24) is 0 Å². The molecule has 0 bridgehead atoms. The zero-order valence-electron chi connectivity index (χ0n) is 9.74. The number of benzene rings is 1. The summed E-state index contributed by atoms with van der Waals surface area (Å²) in [4.78, 5) is 10.4. The van der Waals surface area contributed by atoms with Crippen molar-refractivity contribution in [1.29, 1.82) is 0 Å². The normalized spacial score (nSPS) is 26.8. The van der Waals surface area contributed by atoms with Crippen LogP contribution in [0.2, 0.25) is 0 Å². The predicted molar refractivity (Wildman–Crippen MR) is 69.5 cm³/mol. The maximum absolute atomic E-state index is 10.8. The van der Waals surface area contributed by atoms with E-state index in [1.807, 2.05) is 0 Å². The second kappa shape index (κ2) is 4.25. The molecule has 5 nitrogen and oxygen atoms in total. The first-order valence-electron chi connectivity index (χ1n) is 5.98. The van der Waals surface area contributed by atoms with Crippen molar-refractivity contribution in [2.75, 3.05) is 5.43 Å². The third-order valence-corrected chi connectivity index (χ3v) is 3.57. The molecule has 0 heterocycles. The van der Waals surface area contributed by atoms with Gasteiger partial charge in [-0.05, 0) is 24.8 Å². The van der Waals surface area contributed by atoms with Gasteiger partial charge in [-0.15, -0.1) is 0 Å². The number of nitrogens with zero attached hydrogens (tertiary/aromatic N) is 2. The number of nitro groups is 1. The number of anilines is 1. The van der Waals surface area contributed by atoms with E-state index in [-0.39, 0.29) is 5.69 Å². The van der Waals surface area contributed by atoms with Crippen LogP contribution < -0.4 is 5.43 Å². The molecular formula is C13H13N3O2. The van der Waals surface area contributed by atoms with Crippen molar-refractivity contribution in [3.05, 3.63) is 46.5 Å². The molecule has 0 radical (unpaired) electrons. The quantitative estimate of drug-likeness (QED) is 0.504. The van der Waals surface area contributed by atoms with Crippen molar-refractivity contribution in [3.8, 4) is 0 Å². The average Bonchev–Trinajstić information content (AvgIpc) is 2.71. The molecule has 5 heteroatoms. The fourth-order valence-electron chi connectivity index (χ4n) is 2.52.